The van der Waals surface area contributed by atoms with E-state index in [1.807, 2.05) is 30.3 Å². The van der Waals surface area contributed by atoms with Crippen LogP contribution in [0.5, 0.6) is 0 Å². The molecule has 0 aliphatic carbocycles. The third-order valence-electron chi connectivity index (χ3n) is 4.53. The zero-order chi connectivity index (χ0) is 23.3. The third-order valence-corrected chi connectivity index (χ3v) is 5.56. The highest BCUT2D eigenvalue weighted by Crippen LogP contribution is 2.30. The monoisotopic (exact) mass is 453 g/mol. The van der Waals surface area contributed by atoms with Gasteiger partial charge in [0.25, 0.3) is 0 Å². The van der Waals surface area contributed by atoms with E-state index in [0.29, 0.717) is 5.03 Å². The molecule has 0 bridgehead atoms. The summed E-state index contributed by atoms with van der Waals surface area (Å²) in [6.45, 7) is 6.36. The van der Waals surface area contributed by atoms with Crippen LogP contribution in [0.1, 0.15) is 47.2 Å². The Balaban J connectivity index is 1.79. The number of thioether (sulfide) groups is 1. The summed E-state index contributed by atoms with van der Waals surface area (Å²) < 4.78 is 10.6. The van der Waals surface area contributed by atoms with Gasteiger partial charge < -0.3 is 9.15 Å². The van der Waals surface area contributed by atoms with Gasteiger partial charge in [0, 0.05) is 5.56 Å². The van der Waals surface area contributed by atoms with Gasteiger partial charge in [-0.1, -0.05) is 42.1 Å². The predicted molar refractivity (Wildman–Crippen MR) is 121 cm³/mol. The Morgan fingerprint density at radius 2 is 1.88 bits per heavy atom. The second kappa shape index (κ2) is 10.2. The number of rotatable bonds is 8. The molecule has 8 nitrogen and oxygen atoms in total. The van der Waals surface area contributed by atoms with Crippen molar-refractivity contribution in [3.8, 4) is 11.3 Å². The minimum atomic E-state index is -0.728. The molecule has 166 valence electrons. The van der Waals surface area contributed by atoms with Crippen molar-refractivity contribution in [3.63, 3.8) is 0 Å². The molecule has 2 heterocycles. The molecular formula is C23H23N3O5S. The van der Waals surface area contributed by atoms with Gasteiger partial charge >= 0.3 is 5.97 Å². The summed E-state index contributed by atoms with van der Waals surface area (Å²) in [6.07, 6.45) is 1.45. The van der Waals surface area contributed by atoms with E-state index in [4.69, 9.17) is 9.15 Å². The second-order valence-electron chi connectivity index (χ2n) is 6.87. The molecule has 1 unspecified atom stereocenters. The van der Waals surface area contributed by atoms with Gasteiger partial charge in [0.2, 0.25) is 11.8 Å². The number of carbonyl (C=O) groups is 3. The van der Waals surface area contributed by atoms with Gasteiger partial charge in [0.05, 0.1) is 23.1 Å². The van der Waals surface area contributed by atoms with Crippen LogP contribution in [0, 0.1) is 6.92 Å². The molecule has 0 saturated heterocycles. The molecule has 0 aliphatic rings. The molecule has 32 heavy (non-hydrogen) atoms. The highest BCUT2D eigenvalue weighted by molar-refractivity contribution is 8.00. The van der Waals surface area contributed by atoms with Gasteiger partial charge in [-0.05, 0) is 33.8 Å². The van der Waals surface area contributed by atoms with E-state index in [2.05, 4.69) is 15.3 Å². The minimum Gasteiger partial charge on any atom is -0.462 e. The van der Waals surface area contributed by atoms with E-state index in [1.165, 1.54) is 25.0 Å². The molecule has 1 N–H and O–H groups in total. The number of anilines is 1. The van der Waals surface area contributed by atoms with Crippen LogP contribution < -0.4 is 5.32 Å². The van der Waals surface area contributed by atoms with E-state index in [-0.39, 0.29) is 35.2 Å². The number of Topliss-reactive ketones (excluding diaryl/α,β-unsaturated/α-hetero) is 1. The Morgan fingerprint density at radius 1 is 1.16 bits per heavy atom. The van der Waals surface area contributed by atoms with E-state index < -0.39 is 17.1 Å². The smallest absolute Gasteiger partial charge is 0.344 e. The van der Waals surface area contributed by atoms with Gasteiger partial charge in [0.1, 0.15) is 22.7 Å². The van der Waals surface area contributed by atoms with Crippen molar-refractivity contribution in [2.24, 2.45) is 0 Å². The molecular weight excluding hydrogens is 430 g/mol. The summed E-state index contributed by atoms with van der Waals surface area (Å²) in [4.78, 5) is 45.8. The lowest BCUT2D eigenvalue weighted by atomic mass is 10.1. The Morgan fingerprint density at radius 3 is 2.53 bits per heavy atom. The first kappa shape index (κ1) is 23.2. The number of esters is 1. The first-order valence-electron chi connectivity index (χ1n) is 9.98. The lowest BCUT2D eigenvalue weighted by Crippen LogP contribution is -2.24. The predicted octanol–water partition coefficient (Wildman–Crippen LogP) is 4.54. The number of ketones is 1. The van der Waals surface area contributed by atoms with Crippen molar-refractivity contribution in [1.29, 1.82) is 0 Å². The van der Waals surface area contributed by atoms with E-state index in [9.17, 15) is 14.4 Å². The van der Waals surface area contributed by atoms with Crippen LogP contribution in [0.4, 0.5) is 5.88 Å². The first-order valence-corrected chi connectivity index (χ1v) is 10.9. The number of furan rings is 1. The number of hydrogen-bond donors (Lipinski definition) is 1. The Hall–Kier alpha value is -3.46. The number of nitrogens with zero attached hydrogens (tertiary/aromatic N) is 2. The maximum Gasteiger partial charge on any atom is 0.344 e. The quantitative estimate of drug-likeness (QED) is 0.229. The summed E-state index contributed by atoms with van der Waals surface area (Å²) in [7, 11) is 0. The fraction of sp³-hybridized carbons (Fsp3) is 0.261. The standard InChI is InChI=1S/C23H23N3O5S/c1-5-30-23(29)20-19(13(2)27)14(3)31-22(20)26-21(28)15(4)32-18-11-17(24-12-25-18)16-9-7-6-8-10-16/h6-12,15H,5H2,1-4H3,(H,26,28). The number of aryl methyl sites for hydroxylation is 1. The van der Waals surface area contributed by atoms with Crippen molar-refractivity contribution in [3.05, 3.63) is 59.6 Å². The molecule has 0 spiro atoms. The number of carbonyl (C=O) groups excluding carboxylic acids is 3. The zero-order valence-corrected chi connectivity index (χ0v) is 19.0. The SMILES string of the molecule is CCOC(=O)c1c(NC(=O)C(C)Sc2cc(-c3ccccc3)ncn2)oc(C)c1C(C)=O. The number of aromatic nitrogens is 2. The summed E-state index contributed by atoms with van der Waals surface area (Å²) in [5.41, 5.74) is 1.71. The van der Waals surface area contributed by atoms with Crippen LogP contribution >= 0.6 is 11.8 Å². The van der Waals surface area contributed by atoms with E-state index >= 15 is 0 Å². The molecule has 1 aromatic carbocycles. The molecule has 3 rings (SSSR count). The van der Waals surface area contributed by atoms with Gasteiger partial charge in [-0.2, -0.15) is 0 Å². The van der Waals surface area contributed by atoms with Crippen LogP contribution in [0.2, 0.25) is 0 Å². The fourth-order valence-electron chi connectivity index (χ4n) is 3.07. The number of hydrogen-bond acceptors (Lipinski definition) is 8. The molecule has 1 atom stereocenters. The number of amides is 1. The van der Waals surface area contributed by atoms with Crippen LogP contribution in [0.25, 0.3) is 11.3 Å². The summed E-state index contributed by atoms with van der Waals surface area (Å²) >= 11 is 1.23. The Labute approximate surface area is 189 Å². The average Bonchev–Trinajstić information content (AvgIpc) is 3.10. The Kier molecular flexibility index (Phi) is 7.42. The zero-order valence-electron chi connectivity index (χ0n) is 18.2. The van der Waals surface area contributed by atoms with Crippen molar-refractivity contribution in [2.45, 2.75) is 38.0 Å². The maximum atomic E-state index is 12.8. The maximum absolute atomic E-state index is 12.8. The molecule has 0 aliphatic heterocycles. The molecule has 2 aromatic heterocycles. The second-order valence-corrected chi connectivity index (χ2v) is 8.23. The van der Waals surface area contributed by atoms with E-state index in [1.54, 1.807) is 26.8 Å². The van der Waals surface area contributed by atoms with Gasteiger partial charge in [-0.15, -0.1) is 0 Å². The number of nitrogens with one attached hydrogen (secondary N) is 1. The normalized spacial score (nSPS) is 11.6. The number of benzene rings is 1. The van der Waals surface area contributed by atoms with Gasteiger partial charge in [-0.3, -0.25) is 14.9 Å². The average molecular weight is 454 g/mol. The van der Waals surface area contributed by atoms with Crippen molar-refractivity contribution in [1.82, 2.24) is 9.97 Å². The molecule has 0 saturated carbocycles. The van der Waals surface area contributed by atoms with Crippen molar-refractivity contribution >= 4 is 35.3 Å². The van der Waals surface area contributed by atoms with Crippen LogP contribution in [0.15, 0.2) is 52.2 Å². The van der Waals surface area contributed by atoms with Crippen LogP contribution in [0.3, 0.4) is 0 Å². The first-order chi connectivity index (χ1) is 15.3. The lowest BCUT2D eigenvalue weighted by molar-refractivity contribution is -0.115. The Bertz CT molecular complexity index is 1140. The highest BCUT2D eigenvalue weighted by atomic mass is 32.2. The van der Waals surface area contributed by atoms with Gasteiger partial charge in [-0.25, -0.2) is 14.8 Å². The lowest BCUT2D eigenvalue weighted by Gasteiger charge is -2.11. The highest BCUT2D eigenvalue weighted by Gasteiger charge is 2.29. The molecule has 0 fully saturated rings. The molecule has 1 amide bonds. The largest absolute Gasteiger partial charge is 0.462 e. The third kappa shape index (κ3) is 5.23. The summed E-state index contributed by atoms with van der Waals surface area (Å²) in [5, 5.41) is 2.65. The summed E-state index contributed by atoms with van der Waals surface area (Å²) in [5.74, 6) is -1.36. The van der Waals surface area contributed by atoms with Crippen molar-refractivity contribution < 1.29 is 23.5 Å². The minimum absolute atomic E-state index is 0.0733. The fourth-order valence-corrected chi connectivity index (χ4v) is 3.89. The molecule has 0 radical (unpaired) electrons. The molecule has 9 heteroatoms. The summed E-state index contributed by atoms with van der Waals surface area (Å²) in [6, 6.07) is 11.4. The van der Waals surface area contributed by atoms with Crippen LogP contribution in [-0.4, -0.2) is 39.5 Å². The number of ether oxygens (including phenoxy) is 1. The van der Waals surface area contributed by atoms with Crippen LogP contribution in [-0.2, 0) is 9.53 Å². The van der Waals surface area contributed by atoms with E-state index in [0.717, 1.165) is 11.3 Å². The molecule has 3 aromatic rings. The topological polar surface area (TPSA) is 111 Å². The van der Waals surface area contributed by atoms with Gasteiger partial charge in [0.15, 0.2) is 5.78 Å². The van der Waals surface area contributed by atoms with Crippen molar-refractivity contribution in [2.75, 3.05) is 11.9 Å².